The van der Waals surface area contributed by atoms with Crippen molar-refractivity contribution in [1.29, 1.82) is 0 Å². The Labute approximate surface area is 148 Å². The molecule has 0 aliphatic carbocycles. The van der Waals surface area contributed by atoms with Crippen LogP contribution in [0.3, 0.4) is 0 Å². The summed E-state index contributed by atoms with van der Waals surface area (Å²) in [7, 11) is 0. The van der Waals surface area contributed by atoms with E-state index in [9.17, 15) is 4.79 Å². The van der Waals surface area contributed by atoms with Crippen LogP contribution in [-0.2, 0) is 6.42 Å². The van der Waals surface area contributed by atoms with Crippen molar-refractivity contribution >= 4 is 29.8 Å². The predicted octanol–water partition coefficient (Wildman–Crippen LogP) is 2.73. The van der Waals surface area contributed by atoms with Gasteiger partial charge in [0.05, 0.1) is 11.9 Å². The molecule has 0 saturated carbocycles. The topological polar surface area (TPSA) is 57.3 Å². The number of nitrogens with one attached hydrogen (secondary N) is 2. The molecule has 1 amide bonds. The van der Waals surface area contributed by atoms with Crippen molar-refractivity contribution in [1.82, 2.24) is 10.3 Å². The lowest BCUT2D eigenvalue weighted by molar-refractivity contribution is 0.102. The molecule has 24 heavy (non-hydrogen) atoms. The maximum atomic E-state index is 12.2. The summed E-state index contributed by atoms with van der Waals surface area (Å²) < 4.78 is 0. The summed E-state index contributed by atoms with van der Waals surface area (Å²) in [5.41, 5.74) is 2.96. The van der Waals surface area contributed by atoms with Crippen LogP contribution in [0.2, 0.25) is 0 Å². The molecule has 1 aromatic carbocycles. The number of amides is 1. The minimum absolute atomic E-state index is 0. The molecule has 1 aromatic heterocycles. The molecule has 2 N–H and O–H groups in total. The Balaban J connectivity index is 0.00000208. The van der Waals surface area contributed by atoms with Crippen LogP contribution in [0.4, 0.5) is 11.5 Å². The first-order valence-corrected chi connectivity index (χ1v) is 8.08. The van der Waals surface area contributed by atoms with Crippen molar-refractivity contribution in [2.24, 2.45) is 0 Å². The first-order chi connectivity index (χ1) is 11.3. The van der Waals surface area contributed by atoms with Crippen molar-refractivity contribution < 1.29 is 4.79 Å². The standard InChI is InChI=1S/C18H22N4O.ClH/c1-2-14-3-5-15(6-4-14)18(23)21-17-8-7-16(13-20-17)22-11-9-19-10-12-22;/h3-8,13,19H,2,9-12H2,1H3,(H,20,21,23);1H. The number of aryl methyl sites for hydroxylation is 1. The Morgan fingerprint density at radius 2 is 1.88 bits per heavy atom. The van der Waals surface area contributed by atoms with Crippen LogP contribution in [0.1, 0.15) is 22.8 Å². The molecule has 0 spiro atoms. The largest absolute Gasteiger partial charge is 0.368 e. The number of rotatable bonds is 4. The monoisotopic (exact) mass is 346 g/mol. The van der Waals surface area contributed by atoms with Gasteiger partial charge in [-0.2, -0.15) is 0 Å². The van der Waals surface area contributed by atoms with Crippen LogP contribution >= 0.6 is 12.4 Å². The van der Waals surface area contributed by atoms with Crippen molar-refractivity contribution in [3.63, 3.8) is 0 Å². The number of carbonyl (C=O) groups is 1. The van der Waals surface area contributed by atoms with E-state index in [1.165, 1.54) is 5.56 Å². The van der Waals surface area contributed by atoms with Crippen molar-refractivity contribution in [3.05, 3.63) is 53.7 Å². The quantitative estimate of drug-likeness (QED) is 0.893. The number of halogens is 1. The van der Waals surface area contributed by atoms with Gasteiger partial charge in [0.15, 0.2) is 0 Å². The lowest BCUT2D eigenvalue weighted by atomic mass is 10.1. The maximum Gasteiger partial charge on any atom is 0.256 e. The zero-order valence-corrected chi connectivity index (χ0v) is 14.6. The van der Waals surface area contributed by atoms with E-state index in [1.54, 1.807) is 0 Å². The molecule has 1 aliphatic heterocycles. The van der Waals surface area contributed by atoms with Gasteiger partial charge in [0.25, 0.3) is 5.91 Å². The molecule has 0 atom stereocenters. The molecule has 1 saturated heterocycles. The fraction of sp³-hybridized carbons (Fsp3) is 0.333. The van der Waals surface area contributed by atoms with E-state index in [2.05, 4.69) is 27.4 Å². The summed E-state index contributed by atoms with van der Waals surface area (Å²) >= 11 is 0. The molecule has 0 bridgehead atoms. The van der Waals surface area contributed by atoms with Crippen LogP contribution in [0.15, 0.2) is 42.6 Å². The number of piperazine rings is 1. The molecule has 1 fully saturated rings. The van der Waals surface area contributed by atoms with E-state index < -0.39 is 0 Å². The van der Waals surface area contributed by atoms with Gasteiger partial charge in [-0.05, 0) is 36.2 Å². The van der Waals surface area contributed by atoms with Crippen molar-refractivity contribution in [2.75, 3.05) is 36.4 Å². The number of anilines is 2. The Morgan fingerprint density at radius 3 is 2.46 bits per heavy atom. The number of nitrogens with zero attached hydrogens (tertiary/aromatic N) is 2. The highest BCUT2D eigenvalue weighted by Crippen LogP contribution is 2.16. The van der Waals surface area contributed by atoms with Gasteiger partial charge in [-0.3, -0.25) is 4.79 Å². The number of aromatic nitrogens is 1. The number of hydrogen-bond acceptors (Lipinski definition) is 4. The molecular formula is C18H23ClN4O. The zero-order chi connectivity index (χ0) is 16.1. The lowest BCUT2D eigenvalue weighted by Gasteiger charge is -2.29. The van der Waals surface area contributed by atoms with E-state index in [-0.39, 0.29) is 18.3 Å². The van der Waals surface area contributed by atoms with E-state index >= 15 is 0 Å². The second kappa shape index (κ2) is 8.66. The van der Waals surface area contributed by atoms with Gasteiger partial charge in [0.1, 0.15) is 5.82 Å². The van der Waals surface area contributed by atoms with Gasteiger partial charge >= 0.3 is 0 Å². The average molecular weight is 347 g/mol. The van der Waals surface area contributed by atoms with Crippen molar-refractivity contribution in [3.8, 4) is 0 Å². The Kier molecular flexibility index (Phi) is 6.58. The SMILES string of the molecule is CCc1ccc(C(=O)Nc2ccc(N3CCNCC3)cn2)cc1.Cl. The number of hydrogen-bond donors (Lipinski definition) is 2. The van der Waals surface area contributed by atoms with Gasteiger partial charge < -0.3 is 15.5 Å². The smallest absolute Gasteiger partial charge is 0.256 e. The van der Waals surface area contributed by atoms with Gasteiger partial charge in [-0.15, -0.1) is 12.4 Å². The summed E-state index contributed by atoms with van der Waals surface area (Å²) in [6.45, 7) is 6.05. The fourth-order valence-electron chi connectivity index (χ4n) is 2.65. The van der Waals surface area contributed by atoms with Crippen LogP contribution in [0.5, 0.6) is 0 Å². The molecule has 2 heterocycles. The van der Waals surface area contributed by atoms with Gasteiger partial charge in [-0.25, -0.2) is 4.98 Å². The molecule has 0 unspecified atom stereocenters. The third-order valence-corrected chi connectivity index (χ3v) is 4.10. The van der Waals surface area contributed by atoms with Crippen LogP contribution in [-0.4, -0.2) is 37.1 Å². The summed E-state index contributed by atoms with van der Waals surface area (Å²) in [5.74, 6) is 0.448. The van der Waals surface area contributed by atoms with Gasteiger partial charge in [0.2, 0.25) is 0 Å². The molecule has 0 radical (unpaired) electrons. The lowest BCUT2D eigenvalue weighted by Crippen LogP contribution is -2.43. The summed E-state index contributed by atoms with van der Waals surface area (Å²) in [5, 5.41) is 6.17. The van der Waals surface area contributed by atoms with Crippen molar-refractivity contribution in [2.45, 2.75) is 13.3 Å². The van der Waals surface area contributed by atoms with E-state index in [0.29, 0.717) is 11.4 Å². The van der Waals surface area contributed by atoms with Gasteiger partial charge in [0, 0.05) is 31.7 Å². The Morgan fingerprint density at radius 1 is 1.17 bits per heavy atom. The molecule has 1 aliphatic rings. The number of carbonyl (C=O) groups excluding carboxylic acids is 1. The van der Waals surface area contributed by atoms with E-state index in [1.807, 2.05) is 42.6 Å². The molecule has 6 heteroatoms. The molecule has 5 nitrogen and oxygen atoms in total. The zero-order valence-electron chi connectivity index (χ0n) is 13.8. The molecule has 3 rings (SSSR count). The first kappa shape index (κ1) is 18.2. The minimum atomic E-state index is -0.130. The Hall–Kier alpha value is -2.11. The Bertz CT molecular complexity index is 652. The second-order valence-corrected chi connectivity index (χ2v) is 5.64. The highest BCUT2D eigenvalue weighted by molar-refractivity contribution is 6.03. The third kappa shape index (κ3) is 4.46. The first-order valence-electron chi connectivity index (χ1n) is 8.08. The minimum Gasteiger partial charge on any atom is -0.368 e. The molecular weight excluding hydrogens is 324 g/mol. The fourth-order valence-corrected chi connectivity index (χ4v) is 2.65. The van der Waals surface area contributed by atoms with Gasteiger partial charge in [-0.1, -0.05) is 19.1 Å². The highest BCUT2D eigenvalue weighted by Gasteiger charge is 2.11. The number of benzene rings is 1. The second-order valence-electron chi connectivity index (χ2n) is 5.64. The summed E-state index contributed by atoms with van der Waals surface area (Å²) in [6.07, 6.45) is 2.79. The molecule has 128 valence electrons. The maximum absolute atomic E-state index is 12.2. The van der Waals surface area contributed by atoms with Crippen LogP contribution in [0, 0.1) is 0 Å². The van der Waals surface area contributed by atoms with E-state index in [4.69, 9.17) is 0 Å². The molecule has 2 aromatic rings. The predicted molar refractivity (Wildman–Crippen MR) is 100 cm³/mol. The van der Waals surface area contributed by atoms with E-state index in [0.717, 1.165) is 38.3 Å². The summed E-state index contributed by atoms with van der Waals surface area (Å²) in [4.78, 5) is 18.9. The number of pyridine rings is 1. The average Bonchev–Trinajstić information content (AvgIpc) is 2.63. The van der Waals surface area contributed by atoms with Crippen LogP contribution in [0.25, 0.3) is 0 Å². The van der Waals surface area contributed by atoms with Crippen LogP contribution < -0.4 is 15.5 Å². The summed E-state index contributed by atoms with van der Waals surface area (Å²) in [6, 6.07) is 11.5. The normalized spacial score (nSPS) is 14.0. The highest BCUT2D eigenvalue weighted by atomic mass is 35.5. The third-order valence-electron chi connectivity index (χ3n) is 4.10.